The van der Waals surface area contributed by atoms with Crippen molar-refractivity contribution in [2.24, 2.45) is 0 Å². The van der Waals surface area contributed by atoms with Crippen molar-refractivity contribution in [3.63, 3.8) is 0 Å². The molecule has 0 aliphatic carbocycles. The first-order valence-corrected chi connectivity index (χ1v) is 8.73. The first-order valence-electron chi connectivity index (χ1n) is 6.37. The molecule has 6 nitrogen and oxygen atoms in total. The number of carboxylic acids is 1. The highest BCUT2D eigenvalue weighted by molar-refractivity contribution is 7.89. The monoisotopic (exact) mass is 320 g/mol. The van der Waals surface area contributed by atoms with Crippen molar-refractivity contribution in [3.05, 3.63) is 16.3 Å². The molecular formula is C12H20N2O4S2. The van der Waals surface area contributed by atoms with Gasteiger partial charge in [-0.2, -0.15) is 0 Å². The Labute approximate surface area is 123 Å². The number of thiophene rings is 1. The lowest BCUT2D eigenvalue weighted by atomic mass is 10.3. The highest BCUT2D eigenvalue weighted by Crippen LogP contribution is 2.19. The summed E-state index contributed by atoms with van der Waals surface area (Å²) in [5.41, 5.74) is 0. The van der Waals surface area contributed by atoms with Gasteiger partial charge in [0.2, 0.25) is 10.0 Å². The number of nitrogens with one attached hydrogen (secondary N) is 1. The molecule has 0 aliphatic heterocycles. The highest BCUT2D eigenvalue weighted by atomic mass is 32.2. The average Bonchev–Trinajstić information content (AvgIpc) is 2.88. The van der Waals surface area contributed by atoms with Crippen LogP contribution in [0.2, 0.25) is 0 Å². The number of hydrogen-bond acceptors (Lipinski definition) is 5. The van der Waals surface area contributed by atoms with Crippen molar-refractivity contribution in [3.8, 4) is 0 Å². The summed E-state index contributed by atoms with van der Waals surface area (Å²) in [6, 6.07) is 1.26. The van der Waals surface area contributed by atoms with Gasteiger partial charge in [-0.15, -0.1) is 11.3 Å². The fourth-order valence-electron chi connectivity index (χ4n) is 1.86. The molecular weight excluding hydrogens is 300 g/mol. The lowest BCUT2D eigenvalue weighted by Gasteiger charge is -2.26. The lowest BCUT2D eigenvalue weighted by molar-refractivity contribution is 0.0702. The van der Waals surface area contributed by atoms with Crippen LogP contribution in [0.1, 0.15) is 30.4 Å². The summed E-state index contributed by atoms with van der Waals surface area (Å²) in [4.78, 5) is 12.9. The van der Waals surface area contributed by atoms with Gasteiger partial charge in [0, 0.05) is 18.0 Å². The third-order valence-electron chi connectivity index (χ3n) is 3.10. The van der Waals surface area contributed by atoms with Crippen LogP contribution in [0.3, 0.4) is 0 Å². The van der Waals surface area contributed by atoms with Crippen LogP contribution in [0.4, 0.5) is 0 Å². The molecule has 0 aromatic carbocycles. The number of hydrogen-bond donors (Lipinski definition) is 2. The van der Waals surface area contributed by atoms with Gasteiger partial charge < -0.3 is 5.11 Å². The van der Waals surface area contributed by atoms with Crippen LogP contribution in [-0.4, -0.2) is 50.1 Å². The smallest absolute Gasteiger partial charge is 0.345 e. The number of carbonyl (C=O) groups is 1. The first kappa shape index (κ1) is 17.1. The second-order valence-corrected chi connectivity index (χ2v) is 7.05. The Morgan fingerprint density at radius 1 is 1.45 bits per heavy atom. The number of aromatic carboxylic acids is 1. The van der Waals surface area contributed by atoms with E-state index in [-0.39, 0.29) is 15.8 Å². The summed E-state index contributed by atoms with van der Waals surface area (Å²) in [6.07, 6.45) is 0. The third kappa shape index (κ3) is 4.27. The van der Waals surface area contributed by atoms with Crippen molar-refractivity contribution in [2.45, 2.75) is 31.7 Å². The SMILES string of the molecule is CCN(CC)C(C)CNS(=O)(=O)c1csc(C(=O)O)c1. The fraction of sp³-hybridized carbons (Fsp3) is 0.583. The normalized spacial score (nSPS) is 13.6. The Bertz CT molecular complexity index is 550. The van der Waals surface area contributed by atoms with Gasteiger partial charge in [0.1, 0.15) is 4.88 Å². The molecule has 0 spiro atoms. The molecule has 20 heavy (non-hydrogen) atoms. The fourth-order valence-corrected chi connectivity index (χ4v) is 4.09. The van der Waals surface area contributed by atoms with Crippen LogP contribution in [0, 0.1) is 0 Å². The molecule has 1 unspecified atom stereocenters. The van der Waals surface area contributed by atoms with Crippen LogP contribution >= 0.6 is 11.3 Å². The van der Waals surface area contributed by atoms with E-state index in [0.29, 0.717) is 6.54 Å². The first-order chi connectivity index (χ1) is 9.31. The second-order valence-electron chi connectivity index (χ2n) is 4.37. The molecule has 0 amide bonds. The van der Waals surface area contributed by atoms with Crippen molar-refractivity contribution in [2.75, 3.05) is 19.6 Å². The van der Waals surface area contributed by atoms with Crippen molar-refractivity contribution in [1.82, 2.24) is 9.62 Å². The van der Waals surface area contributed by atoms with Gasteiger partial charge in [-0.3, -0.25) is 4.90 Å². The van der Waals surface area contributed by atoms with E-state index in [9.17, 15) is 13.2 Å². The van der Waals surface area contributed by atoms with Crippen LogP contribution < -0.4 is 4.72 Å². The predicted molar refractivity (Wildman–Crippen MR) is 78.8 cm³/mol. The van der Waals surface area contributed by atoms with Crippen LogP contribution in [-0.2, 0) is 10.0 Å². The Hall–Kier alpha value is -0.960. The van der Waals surface area contributed by atoms with Gasteiger partial charge in [0.25, 0.3) is 0 Å². The van der Waals surface area contributed by atoms with E-state index in [4.69, 9.17) is 5.11 Å². The molecule has 0 saturated carbocycles. The van der Waals surface area contributed by atoms with Gasteiger partial charge in [0.15, 0.2) is 0 Å². The zero-order chi connectivity index (χ0) is 15.3. The van der Waals surface area contributed by atoms with E-state index in [1.807, 2.05) is 20.8 Å². The number of carboxylic acid groups (broad SMARTS) is 1. The number of nitrogens with zero attached hydrogens (tertiary/aromatic N) is 1. The second kappa shape index (κ2) is 7.16. The summed E-state index contributed by atoms with van der Waals surface area (Å²) < 4.78 is 26.6. The molecule has 2 N–H and O–H groups in total. The number of sulfonamides is 1. The maximum atomic E-state index is 12.1. The molecule has 0 radical (unpaired) electrons. The standard InChI is InChI=1S/C12H20N2O4S2/c1-4-14(5-2)9(3)7-13-20(17,18)10-6-11(12(15)16)19-8-10/h6,8-9,13H,4-5,7H2,1-3H3,(H,15,16). The van der Waals surface area contributed by atoms with E-state index < -0.39 is 16.0 Å². The van der Waals surface area contributed by atoms with Gasteiger partial charge in [-0.1, -0.05) is 13.8 Å². The van der Waals surface area contributed by atoms with E-state index in [1.54, 1.807) is 0 Å². The summed E-state index contributed by atoms with van der Waals surface area (Å²) in [7, 11) is -3.65. The third-order valence-corrected chi connectivity index (χ3v) is 5.57. The Kier molecular flexibility index (Phi) is 6.12. The Balaban J connectivity index is 2.72. The molecule has 0 saturated heterocycles. The highest BCUT2D eigenvalue weighted by Gasteiger charge is 2.20. The molecule has 0 bridgehead atoms. The van der Waals surface area contributed by atoms with Gasteiger partial charge in [-0.25, -0.2) is 17.9 Å². The summed E-state index contributed by atoms with van der Waals surface area (Å²) >= 11 is 0.905. The molecule has 114 valence electrons. The average molecular weight is 320 g/mol. The molecule has 1 aromatic rings. The largest absolute Gasteiger partial charge is 0.477 e. The summed E-state index contributed by atoms with van der Waals surface area (Å²) in [5, 5.41) is 10.1. The Morgan fingerprint density at radius 3 is 2.50 bits per heavy atom. The van der Waals surface area contributed by atoms with Crippen LogP contribution in [0.25, 0.3) is 0 Å². The minimum absolute atomic E-state index is 0.00615. The molecule has 1 heterocycles. The maximum absolute atomic E-state index is 12.1. The van der Waals surface area contributed by atoms with Crippen molar-refractivity contribution < 1.29 is 18.3 Å². The van der Waals surface area contributed by atoms with E-state index in [0.717, 1.165) is 24.4 Å². The lowest BCUT2D eigenvalue weighted by Crippen LogP contribution is -2.41. The van der Waals surface area contributed by atoms with E-state index in [2.05, 4.69) is 9.62 Å². The number of rotatable bonds is 8. The van der Waals surface area contributed by atoms with Crippen LogP contribution in [0.5, 0.6) is 0 Å². The maximum Gasteiger partial charge on any atom is 0.345 e. The quantitative estimate of drug-likeness (QED) is 0.757. The van der Waals surface area contributed by atoms with Crippen LogP contribution in [0.15, 0.2) is 16.3 Å². The molecule has 1 rings (SSSR count). The Morgan fingerprint density at radius 2 is 2.05 bits per heavy atom. The van der Waals surface area contributed by atoms with E-state index in [1.165, 1.54) is 11.4 Å². The minimum Gasteiger partial charge on any atom is -0.477 e. The topological polar surface area (TPSA) is 86.7 Å². The molecule has 1 atom stereocenters. The summed E-state index contributed by atoms with van der Waals surface area (Å²) in [6.45, 7) is 7.98. The number of likely N-dealkylation sites (N-methyl/N-ethyl adjacent to an activating group) is 1. The minimum atomic E-state index is -3.65. The van der Waals surface area contributed by atoms with Gasteiger partial charge in [-0.05, 0) is 26.1 Å². The zero-order valence-electron chi connectivity index (χ0n) is 11.8. The van der Waals surface area contributed by atoms with Gasteiger partial charge in [0.05, 0.1) is 4.90 Å². The molecule has 0 aliphatic rings. The van der Waals surface area contributed by atoms with Crippen molar-refractivity contribution >= 4 is 27.3 Å². The zero-order valence-corrected chi connectivity index (χ0v) is 13.4. The molecule has 0 fully saturated rings. The molecule has 8 heteroatoms. The molecule has 1 aromatic heterocycles. The van der Waals surface area contributed by atoms with E-state index >= 15 is 0 Å². The van der Waals surface area contributed by atoms with Gasteiger partial charge >= 0.3 is 5.97 Å². The summed E-state index contributed by atoms with van der Waals surface area (Å²) in [5.74, 6) is -1.12. The predicted octanol–water partition coefficient (Wildman–Crippen LogP) is 1.45. The van der Waals surface area contributed by atoms with Crippen molar-refractivity contribution in [1.29, 1.82) is 0 Å².